The van der Waals surface area contributed by atoms with Gasteiger partial charge in [0.05, 0.1) is 0 Å². The second-order valence-corrected chi connectivity index (χ2v) is 9.75. The van der Waals surface area contributed by atoms with Crippen molar-refractivity contribution < 1.29 is 9.53 Å². The molecule has 3 aromatic carbocycles. The molecule has 32 heavy (non-hydrogen) atoms. The number of carbonyl (C=O) groups excluding carboxylic acids is 1. The molecule has 0 saturated heterocycles. The summed E-state index contributed by atoms with van der Waals surface area (Å²) in [5.74, 6) is 1.39. The van der Waals surface area contributed by atoms with Crippen LogP contribution in [0.5, 0.6) is 5.75 Å². The summed E-state index contributed by atoms with van der Waals surface area (Å²) >= 11 is 0. The fourth-order valence-electron chi connectivity index (χ4n) is 4.30. The molecule has 1 amide bonds. The lowest BCUT2D eigenvalue weighted by atomic mass is 9.72. The van der Waals surface area contributed by atoms with Crippen molar-refractivity contribution in [2.24, 2.45) is 16.4 Å². The molecule has 3 aromatic rings. The Kier molecular flexibility index (Phi) is 6.59. The van der Waals surface area contributed by atoms with Gasteiger partial charge in [-0.05, 0) is 77.6 Å². The number of carbonyl (C=O) groups is 1. The SMILES string of the molecule is CC(C)(C)C1CCC(=NNC(=O)c2ccc(COc3ccc4ccccc4c3)cc2)CC1. The number of benzene rings is 3. The van der Waals surface area contributed by atoms with Crippen LogP contribution in [0.4, 0.5) is 0 Å². The summed E-state index contributed by atoms with van der Waals surface area (Å²) in [6.07, 6.45) is 4.22. The van der Waals surface area contributed by atoms with Crippen LogP contribution >= 0.6 is 0 Å². The maximum atomic E-state index is 12.5. The van der Waals surface area contributed by atoms with Gasteiger partial charge in [0.15, 0.2) is 0 Å². The molecule has 0 atom stereocenters. The maximum Gasteiger partial charge on any atom is 0.271 e. The van der Waals surface area contributed by atoms with E-state index < -0.39 is 0 Å². The van der Waals surface area contributed by atoms with Crippen LogP contribution in [0.2, 0.25) is 0 Å². The lowest BCUT2D eigenvalue weighted by Crippen LogP contribution is -2.27. The second-order valence-electron chi connectivity index (χ2n) is 9.75. The minimum atomic E-state index is -0.169. The number of amides is 1. The third-order valence-electron chi connectivity index (χ3n) is 6.45. The number of ether oxygens (including phenoxy) is 1. The number of hydrogen-bond acceptors (Lipinski definition) is 3. The van der Waals surface area contributed by atoms with Crippen LogP contribution in [0.1, 0.15) is 62.4 Å². The first-order valence-corrected chi connectivity index (χ1v) is 11.4. The highest BCUT2D eigenvalue weighted by Gasteiger charge is 2.28. The van der Waals surface area contributed by atoms with Crippen molar-refractivity contribution in [3.05, 3.63) is 77.9 Å². The first-order valence-electron chi connectivity index (χ1n) is 11.4. The lowest BCUT2D eigenvalue weighted by Gasteiger charge is -2.34. The van der Waals surface area contributed by atoms with Gasteiger partial charge >= 0.3 is 0 Å². The van der Waals surface area contributed by atoms with Crippen molar-refractivity contribution in [1.82, 2.24) is 5.43 Å². The van der Waals surface area contributed by atoms with Crippen LogP contribution in [-0.2, 0) is 6.61 Å². The third-order valence-corrected chi connectivity index (χ3v) is 6.45. The topological polar surface area (TPSA) is 50.7 Å². The van der Waals surface area contributed by atoms with E-state index in [2.05, 4.69) is 49.5 Å². The number of hydrazone groups is 1. The molecule has 1 aliphatic carbocycles. The van der Waals surface area contributed by atoms with Gasteiger partial charge in [0.2, 0.25) is 0 Å². The van der Waals surface area contributed by atoms with Gasteiger partial charge in [-0.15, -0.1) is 0 Å². The monoisotopic (exact) mass is 428 g/mol. The zero-order chi connectivity index (χ0) is 22.6. The molecule has 0 unspecified atom stereocenters. The molecule has 0 spiro atoms. The molecule has 0 aromatic heterocycles. The van der Waals surface area contributed by atoms with E-state index in [1.807, 2.05) is 48.5 Å². The molecule has 1 fully saturated rings. The first kappa shape index (κ1) is 22.1. The molecule has 4 rings (SSSR count). The summed E-state index contributed by atoms with van der Waals surface area (Å²) in [7, 11) is 0. The number of nitrogens with one attached hydrogen (secondary N) is 1. The summed E-state index contributed by atoms with van der Waals surface area (Å²) in [6, 6.07) is 21.8. The molecule has 4 heteroatoms. The Bertz CT molecular complexity index is 1100. The van der Waals surface area contributed by atoms with Crippen LogP contribution in [0.25, 0.3) is 10.8 Å². The van der Waals surface area contributed by atoms with Crippen molar-refractivity contribution in [3.63, 3.8) is 0 Å². The number of hydrogen-bond donors (Lipinski definition) is 1. The van der Waals surface area contributed by atoms with Gasteiger partial charge < -0.3 is 4.74 Å². The number of fused-ring (bicyclic) bond motifs is 1. The fraction of sp³-hybridized carbons (Fsp3) is 0.357. The van der Waals surface area contributed by atoms with E-state index in [-0.39, 0.29) is 5.91 Å². The van der Waals surface area contributed by atoms with E-state index in [1.165, 1.54) is 5.39 Å². The van der Waals surface area contributed by atoms with Crippen LogP contribution < -0.4 is 10.2 Å². The minimum Gasteiger partial charge on any atom is -0.489 e. The quantitative estimate of drug-likeness (QED) is 0.457. The van der Waals surface area contributed by atoms with Crippen molar-refractivity contribution in [2.75, 3.05) is 0 Å². The van der Waals surface area contributed by atoms with Gasteiger partial charge in [0.1, 0.15) is 12.4 Å². The van der Waals surface area contributed by atoms with Crippen LogP contribution in [0, 0.1) is 11.3 Å². The molecule has 1 saturated carbocycles. The Hall–Kier alpha value is -3.14. The predicted molar refractivity (Wildman–Crippen MR) is 131 cm³/mol. The summed E-state index contributed by atoms with van der Waals surface area (Å²) in [5.41, 5.74) is 5.79. The normalized spacial score (nSPS) is 16.6. The largest absolute Gasteiger partial charge is 0.489 e. The summed E-state index contributed by atoms with van der Waals surface area (Å²) in [6.45, 7) is 7.37. The maximum absolute atomic E-state index is 12.5. The fourth-order valence-corrected chi connectivity index (χ4v) is 4.30. The average Bonchev–Trinajstić information content (AvgIpc) is 2.81. The third kappa shape index (κ3) is 5.56. The average molecular weight is 429 g/mol. The Morgan fingerprint density at radius 1 is 0.969 bits per heavy atom. The molecule has 1 aliphatic rings. The highest BCUT2D eigenvalue weighted by molar-refractivity contribution is 5.95. The summed E-state index contributed by atoms with van der Waals surface area (Å²) < 4.78 is 5.94. The van der Waals surface area contributed by atoms with Gasteiger partial charge in [-0.2, -0.15) is 5.10 Å². The predicted octanol–water partition coefficient (Wildman–Crippen LogP) is 6.74. The Labute approximate surface area is 190 Å². The Morgan fingerprint density at radius 2 is 1.66 bits per heavy atom. The van der Waals surface area contributed by atoms with E-state index in [9.17, 15) is 4.79 Å². The van der Waals surface area contributed by atoms with Crippen molar-refractivity contribution in [3.8, 4) is 5.75 Å². The van der Waals surface area contributed by atoms with Crippen molar-refractivity contribution in [1.29, 1.82) is 0 Å². The molecular weight excluding hydrogens is 396 g/mol. The van der Waals surface area contributed by atoms with Crippen molar-refractivity contribution >= 4 is 22.4 Å². The Morgan fingerprint density at radius 3 is 2.34 bits per heavy atom. The molecule has 4 nitrogen and oxygen atoms in total. The summed E-state index contributed by atoms with van der Waals surface area (Å²) in [5, 5.41) is 6.75. The van der Waals surface area contributed by atoms with Gasteiger partial charge in [0, 0.05) is 11.3 Å². The molecule has 0 aliphatic heterocycles. The molecular formula is C28H32N2O2. The summed E-state index contributed by atoms with van der Waals surface area (Å²) in [4.78, 5) is 12.5. The lowest BCUT2D eigenvalue weighted by molar-refractivity contribution is 0.0954. The highest BCUT2D eigenvalue weighted by atomic mass is 16.5. The van der Waals surface area contributed by atoms with E-state index in [0.29, 0.717) is 17.6 Å². The number of nitrogens with zero attached hydrogens (tertiary/aromatic N) is 1. The van der Waals surface area contributed by atoms with Gasteiger partial charge in [-0.3, -0.25) is 4.79 Å². The zero-order valence-electron chi connectivity index (χ0n) is 19.2. The number of rotatable bonds is 5. The standard InChI is InChI=1S/C28H32N2O2/c1-28(2,3)24-13-15-25(16-14-24)29-30-27(31)22-10-8-20(9-11-22)19-32-26-17-12-21-6-4-5-7-23(21)18-26/h4-12,17-18,24H,13-16,19H2,1-3H3,(H,30,31). The molecule has 0 radical (unpaired) electrons. The Balaban J connectivity index is 1.28. The second kappa shape index (κ2) is 9.56. The highest BCUT2D eigenvalue weighted by Crippen LogP contribution is 2.36. The van der Waals surface area contributed by atoms with E-state index in [0.717, 1.165) is 54.0 Å². The van der Waals surface area contributed by atoms with Crippen LogP contribution in [0.15, 0.2) is 71.8 Å². The van der Waals surface area contributed by atoms with Gasteiger partial charge in [-0.25, -0.2) is 5.43 Å². The van der Waals surface area contributed by atoms with Gasteiger partial charge in [-0.1, -0.05) is 63.2 Å². The van der Waals surface area contributed by atoms with E-state index >= 15 is 0 Å². The minimum absolute atomic E-state index is 0.169. The van der Waals surface area contributed by atoms with Crippen molar-refractivity contribution in [2.45, 2.75) is 53.1 Å². The van der Waals surface area contributed by atoms with Gasteiger partial charge in [0.25, 0.3) is 5.91 Å². The molecule has 1 N–H and O–H groups in total. The first-order chi connectivity index (χ1) is 15.4. The van der Waals surface area contributed by atoms with E-state index in [4.69, 9.17) is 4.74 Å². The van der Waals surface area contributed by atoms with E-state index in [1.54, 1.807) is 0 Å². The van der Waals surface area contributed by atoms with Crippen LogP contribution in [0.3, 0.4) is 0 Å². The van der Waals surface area contributed by atoms with Crippen LogP contribution in [-0.4, -0.2) is 11.6 Å². The zero-order valence-corrected chi connectivity index (χ0v) is 19.2. The molecule has 0 bridgehead atoms. The molecule has 0 heterocycles. The smallest absolute Gasteiger partial charge is 0.271 e. The molecule has 166 valence electrons.